The fraction of sp³-hybridized carbons (Fsp3) is 0.577. The van der Waals surface area contributed by atoms with Crippen LogP contribution in [0.4, 0.5) is 0 Å². The van der Waals surface area contributed by atoms with Crippen LogP contribution in [0.15, 0.2) is 18.2 Å². The van der Waals surface area contributed by atoms with E-state index in [4.69, 9.17) is 10.5 Å². The molecule has 0 aliphatic carbocycles. The third-order valence-corrected chi connectivity index (χ3v) is 7.74. The number of imide groups is 2. The molecule has 1 aromatic carbocycles. The number of rotatable bonds is 6. The smallest absolute Gasteiger partial charge is 0.262 e. The first kappa shape index (κ1) is 25.5. The highest BCUT2D eigenvalue weighted by atomic mass is 16.5. The normalized spacial score (nSPS) is 25.4. The predicted octanol–water partition coefficient (Wildman–Crippen LogP) is 0.0185. The minimum Gasteiger partial charge on any atom is -0.376 e. The molecule has 0 bridgehead atoms. The zero-order chi connectivity index (χ0) is 26.1. The van der Waals surface area contributed by atoms with E-state index in [0.717, 1.165) is 17.7 Å². The highest BCUT2D eigenvalue weighted by Gasteiger charge is 2.45. The molecule has 5 amide bonds. The number of carbonyl (C=O) groups excluding carboxylic acids is 5. The first-order valence-electron chi connectivity index (χ1n) is 13.0. The molecule has 4 heterocycles. The van der Waals surface area contributed by atoms with Crippen molar-refractivity contribution in [3.05, 3.63) is 34.9 Å². The molecule has 2 unspecified atom stereocenters. The van der Waals surface area contributed by atoms with Crippen LogP contribution in [0.2, 0.25) is 0 Å². The molecule has 0 radical (unpaired) electrons. The number of carbonyl (C=O) groups is 5. The molecule has 5 rings (SSSR count). The Kier molecular flexibility index (Phi) is 7.36. The molecule has 2 atom stereocenters. The fourth-order valence-corrected chi connectivity index (χ4v) is 5.65. The van der Waals surface area contributed by atoms with Gasteiger partial charge in [-0.05, 0) is 37.3 Å². The number of hydrogen-bond donors (Lipinski definition) is 2. The summed E-state index contributed by atoms with van der Waals surface area (Å²) in [7, 11) is 0. The van der Waals surface area contributed by atoms with Crippen LogP contribution in [-0.2, 0) is 25.7 Å². The van der Waals surface area contributed by atoms with Gasteiger partial charge in [0.05, 0.1) is 23.8 Å². The number of morpholine rings is 1. The molecule has 3 saturated heterocycles. The fourth-order valence-electron chi connectivity index (χ4n) is 5.65. The lowest BCUT2D eigenvalue weighted by Gasteiger charge is -2.34. The summed E-state index contributed by atoms with van der Waals surface area (Å²) >= 11 is 0. The molecule has 4 aliphatic heterocycles. The van der Waals surface area contributed by atoms with Crippen molar-refractivity contribution in [3.63, 3.8) is 0 Å². The Morgan fingerprint density at radius 2 is 1.84 bits per heavy atom. The number of nitrogens with two attached hydrogens (primary N) is 1. The van der Waals surface area contributed by atoms with E-state index in [1.54, 1.807) is 12.1 Å². The molecule has 198 valence electrons. The number of piperidine rings is 2. The third kappa shape index (κ3) is 5.29. The second kappa shape index (κ2) is 10.7. The van der Waals surface area contributed by atoms with E-state index in [1.165, 1.54) is 0 Å². The van der Waals surface area contributed by atoms with Crippen molar-refractivity contribution in [1.82, 2.24) is 20.0 Å². The maximum atomic E-state index is 13.4. The molecule has 0 saturated carbocycles. The predicted molar refractivity (Wildman–Crippen MR) is 131 cm³/mol. The topological polar surface area (TPSA) is 142 Å². The third-order valence-electron chi connectivity index (χ3n) is 7.74. The van der Waals surface area contributed by atoms with E-state index in [2.05, 4.69) is 10.2 Å². The minimum atomic E-state index is -0.987. The number of nitrogens with one attached hydrogen (secondary N) is 1. The molecule has 1 aromatic rings. The lowest BCUT2D eigenvalue weighted by atomic mass is 10.0. The van der Waals surface area contributed by atoms with Gasteiger partial charge in [-0.2, -0.15) is 0 Å². The lowest BCUT2D eigenvalue weighted by molar-refractivity contribution is -0.136. The Hall–Kier alpha value is -3.15. The van der Waals surface area contributed by atoms with Gasteiger partial charge in [0, 0.05) is 51.6 Å². The van der Waals surface area contributed by atoms with Crippen LogP contribution in [0, 0.1) is 0 Å². The largest absolute Gasteiger partial charge is 0.376 e. The zero-order valence-electron chi connectivity index (χ0n) is 20.8. The number of benzene rings is 1. The van der Waals surface area contributed by atoms with Gasteiger partial charge in [0.2, 0.25) is 17.7 Å². The van der Waals surface area contributed by atoms with E-state index in [0.29, 0.717) is 63.3 Å². The molecule has 37 heavy (non-hydrogen) atoms. The average Bonchev–Trinajstić information content (AvgIpc) is 3.14. The highest BCUT2D eigenvalue weighted by Crippen LogP contribution is 2.31. The van der Waals surface area contributed by atoms with Gasteiger partial charge in [0.1, 0.15) is 6.04 Å². The van der Waals surface area contributed by atoms with Crippen LogP contribution in [0.25, 0.3) is 0 Å². The summed E-state index contributed by atoms with van der Waals surface area (Å²) in [5.41, 5.74) is 7.25. The van der Waals surface area contributed by atoms with E-state index in [-0.39, 0.29) is 36.5 Å². The first-order chi connectivity index (χ1) is 17.8. The molecule has 11 nitrogen and oxygen atoms in total. The summed E-state index contributed by atoms with van der Waals surface area (Å²) in [6, 6.07) is 4.36. The Bertz CT molecular complexity index is 1110. The van der Waals surface area contributed by atoms with Gasteiger partial charge in [-0.25, -0.2) is 0 Å². The van der Waals surface area contributed by atoms with Crippen molar-refractivity contribution in [2.45, 2.75) is 63.3 Å². The number of hydrogen-bond acceptors (Lipinski definition) is 8. The summed E-state index contributed by atoms with van der Waals surface area (Å²) in [5.74, 6) is -1.89. The number of fused-ring (bicyclic) bond motifs is 1. The molecule has 11 heteroatoms. The van der Waals surface area contributed by atoms with E-state index >= 15 is 0 Å². The molecule has 0 aromatic heterocycles. The summed E-state index contributed by atoms with van der Waals surface area (Å²) in [4.78, 5) is 68.0. The van der Waals surface area contributed by atoms with Gasteiger partial charge in [-0.1, -0.05) is 12.1 Å². The van der Waals surface area contributed by atoms with Gasteiger partial charge in [0.25, 0.3) is 11.8 Å². The van der Waals surface area contributed by atoms with Gasteiger partial charge in [0.15, 0.2) is 0 Å². The maximum Gasteiger partial charge on any atom is 0.262 e. The Morgan fingerprint density at radius 3 is 2.59 bits per heavy atom. The van der Waals surface area contributed by atoms with Gasteiger partial charge in [-0.3, -0.25) is 39.1 Å². The minimum absolute atomic E-state index is 0.0830. The number of amides is 5. The standard InChI is InChI=1S/C26H33N5O6/c27-17-8-10-30(11-9-17)22(33)7-4-18-15-29(12-13-37-18)14-16-2-1-3-19-23(16)26(36)31(25(19)35)20-5-6-21(32)28-24(20)34/h1-3,17-18,20H,4-15,27H2,(H,28,32,34). The second-order valence-corrected chi connectivity index (χ2v) is 10.3. The quantitative estimate of drug-likeness (QED) is 0.509. The Morgan fingerprint density at radius 1 is 1.05 bits per heavy atom. The molecule has 4 aliphatic rings. The van der Waals surface area contributed by atoms with E-state index in [9.17, 15) is 24.0 Å². The first-order valence-corrected chi connectivity index (χ1v) is 13.0. The number of likely N-dealkylation sites (tertiary alicyclic amines) is 1. The van der Waals surface area contributed by atoms with Crippen molar-refractivity contribution in [3.8, 4) is 0 Å². The SMILES string of the molecule is NC1CCN(C(=O)CCC2CN(Cc3cccc4c3C(=O)N(C3CCC(=O)NC3=O)C4=O)CCO2)CC1. The molecule has 3 N–H and O–H groups in total. The molecular weight excluding hydrogens is 478 g/mol. The Labute approximate surface area is 215 Å². The van der Waals surface area contributed by atoms with Gasteiger partial charge >= 0.3 is 0 Å². The summed E-state index contributed by atoms with van der Waals surface area (Å²) < 4.78 is 5.91. The molecule has 3 fully saturated rings. The maximum absolute atomic E-state index is 13.4. The lowest BCUT2D eigenvalue weighted by Crippen LogP contribution is -2.54. The second-order valence-electron chi connectivity index (χ2n) is 10.3. The monoisotopic (exact) mass is 511 g/mol. The molecule has 0 spiro atoms. The van der Waals surface area contributed by atoms with E-state index in [1.807, 2.05) is 11.0 Å². The summed E-state index contributed by atoms with van der Waals surface area (Å²) in [6.45, 7) is 3.65. The van der Waals surface area contributed by atoms with Gasteiger partial charge in [-0.15, -0.1) is 0 Å². The van der Waals surface area contributed by atoms with Crippen LogP contribution < -0.4 is 11.1 Å². The summed E-state index contributed by atoms with van der Waals surface area (Å²) in [5, 5.41) is 2.22. The van der Waals surface area contributed by atoms with Crippen LogP contribution in [0.5, 0.6) is 0 Å². The van der Waals surface area contributed by atoms with Crippen molar-refractivity contribution in [1.29, 1.82) is 0 Å². The average molecular weight is 512 g/mol. The van der Waals surface area contributed by atoms with Crippen molar-refractivity contribution >= 4 is 29.5 Å². The zero-order valence-corrected chi connectivity index (χ0v) is 20.8. The van der Waals surface area contributed by atoms with Crippen molar-refractivity contribution in [2.24, 2.45) is 5.73 Å². The van der Waals surface area contributed by atoms with Crippen LogP contribution >= 0.6 is 0 Å². The van der Waals surface area contributed by atoms with E-state index < -0.39 is 29.7 Å². The van der Waals surface area contributed by atoms with Crippen molar-refractivity contribution in [2.75, 3.05) is 32.8 Å². The highest BCUT2D eigenvalue weighted by molar-refractivity contribution is 6.24. The summed E-state index contributed by atoms with van der Waals surface area (Å²) in [6.07, 6.45) is 2.82. The van der Waals surface area contributed by atoms with Crippen molar-refractivity contribution < 1.29 is 28.7 Å². The van der Waals surface area contributed by atoms with Crippen LogP contribution in [-0.4, -0.2) is 95.2 Å². The number of ether oxygens (including phenoxy) is 1. The van der Waals surface area contributed by atoms with Crippen LogP contribution in [0.3, 0.4) is 0 Å². The van der Waals surface area contributed by atoms with Crippen LogP contribution in [0.1, 0.15) is 64.8 Å². The number of nitrogens with zero attached hydrogens (tertiary/aromatic N) is 3. The van der Waals surface area contributed by atoms with Gasteiger partial charge < -0.3 is 15.4 Å². The Balaban J connectivity index is 1.21. The molecular formula is C26H33N5O6.